The zero-order valence-corrected chi connectivity index (χ0v) is 8.72. The number of allylic oxidation sites excluding steroid dienone is 6. The summed E-state index contributed by atoms with van der Waals surface area (Å²) in [6, 6.07) is 0. The second-order valence-corrected chi connectivity index (χ2v) is 2.92. The second kappa shape index (κ2) is 6.90. The van der Waals surface area contributed by atoms with Crippen molar-refractivity contribution in [3.05, 3.63) is 35.5 Å². The molecule has 0 atom stereocenters. The van der Waals surface area contributed by atoms with Gasteiger partial charge in [-0.15, -0.1) is 0 Å². The highest BCUT2D eigenvalue weighted by molar-refractivity contribution is 5.28. The molecule has 0 heteroatoms. The molecule has 0 aliphatic carbocycles. The van der Waals surface area contributed by atoms with E-state index in [0.717, 1.165) is 12.8 Å². The molecule has 0 fully saturated rings. The molecule has 0 nitrogen and oxygen atoms in total. The van der Waals surface area contributed by atoms with Crippen LogP contribution < -0.4 is 0 Å². The maximum atomic E-state index is 2.24. The highest BCUT2D eigenvalue weighted by Gasteiger charge is 1.87. The van der Waals surface area contributed by atoms with Crippen molar-refractivity contribution in [1.29, 1.82) is 0 Å². The fraction of sp³-hybridized carbons (Fsp3) is 0.500. The SMILES string of the molecule is C/C=C(C)/C=C(/C=C/CC)CC. The molecular weight excluding hydrogens is 144 g/mol. The highest BCUT2D eigenvalue weighted by Crippen LogP contribution is 2.07. The first-order chi connectivity index (χ1) is 5.74. The molecule has 0 aromatic heterocycles. The summed E-state index contributed by atoms with van der Waals surface area (Å²) >= 11 is 0. The summed E-state index contributed by atoms with van der Waals surface area (Å²) in [6.45, 7) is 8.55. The Morgan fingerprint density at radius 1 is 1.25 bits per heavy atom. The molecule has 0 aromatic carbocycles. The average molecular weight is 164 g/mol. The van der Waals surface area contributed by atoms with Gasteiger partial charge in [0.25, 0.3) is 0 Å². The fourth-order valence-electron chi connectivity index (χ4n) is 0.913. The Labute approximate surface area is 76.7 Å². The van der Waals surface area contributed by atoms with Gasteiger partial charge in [0.1, 0.15) is 0 Å². The van der Waals surface area contributed by atoms with Crippen LogP contribution in [0.4, 0.5) is 0 Å². The maximum Gasteiger partial charge on any atom is -0.0307 e. The lowest BCUT2D eigenvalue weighted by Gasteiger charge is -1.97. The molecule has 0 amide bonds. The third-order valence-corrected chi connectivity index (χ3v) is 1.84. The van der Waals surface area contributed by atoms with E-state index < -0.39 is 0 Å². The quantitative estimate of drug-likeness (QED) is 0.545. The Bertz CT molecular complexity index is 192. The van der Waals surface area contributed by atoms with Crippen LogP contribution >= 0.6 is 0 Å². The molecule has 0 bridgehead atoms. The normalized spacial score (nSPS) is 14.3. The summed E-state index contributed by atoms with van der Waals surface area (Å²) in [5, 5.41) is 0. The Balaban J connectivity index is 4.33. The van der Waals surface area contributed by atoms with Crippen molar-refractivity contribution in [1.82, 2.24) is 0 Å². The third-order valence-electron chi connectivity index (χ3n) is 1.84. The molecule has 0 rings (SSSR count). The van der Waals surface area contributed by atoms with Crippen molar-refractivity contribution in [2.24, 2.45) is 0 Å². The minimum absolute atomic E-state index is 1.11. The lowest BCUT2D eigenvalue weighted by Crippen LogP contribution is -1.76. The Morgan fingerprint density at radius 2 is 1.92 bits per heavy atom. The smallest absolute Gasteiger partial charge is 0.0307 e. The van der Waals surface area contributed by atoms with E-state index in [1.807, 2.05) is 0 Å². The van der Waals surface area contributed by atoms with Crippen molar-refractivity contribution < 1.29 is 0 Å². The molecule has 0 radical (unpaired) electrons. The van der Waals surface area contributed by atoms with Gasteiger partial charge < -0.3 is 0 Å². The van der Waals surface area contributed by atoms with E-state index in [4.69, 9.17) is 0 Å². The van der Waals surface area contributed by atoms with Gasteiger partial charge in [0, 0.05) is 0 Å². The fourth-order valence-corrected chi connectivity index (χ4v) is 0.913. The predicted octanol–water partition coefficient (Wildman–Crippen LogP) is 4.26. The number of hydrogen-bond acceptors (Lipinski definition) is 0. The van der Waals surface area contributed by atoms with Crippen LogP contribution in [0.25, 0.3) is 0 Å². The Hall–Kier alpha value is -0.780. The third kappa shape index (κ3) is 4.95. The topological polar surface area (TPSA) is 0 Å². The van der Waals surface area contributed by atoms with Crippen LogP contribution in [-0.4, -0.2) is 0 Å². The molecule has 0 aliphatic rings. The molecular formula is C12H20. The average Bonchev–Trinajstić information content (AvgIpc) is 2.11. The van der Waals surface area contributed by atoms with Crippen molar-refractivity contribution in [3.63, 3.8) is 0 Å². The summed E-state index contributed by atoms with van der Waals surface area (Å²) in [7, 11) is 0. The van der Waals surface area contributed by atoms with Gasteiger partial charge >= 0.3 is 0 Å². The molecule has 0 N–H and O–H groups in total. The van der Waals surface area contributed by atoms with Crippen molar-refractivity contribution in [2.75, 3.05) is 0 Å². The summed E-state index contributed by atoms with van der Waals surface area (Å²) in [6.07, 6.45) is 11.0. The first-order valence-electron chi connectivity index (χ1n) is 4.74. The van der Waals surface area contributed by atoms with Crippen LogP contribution in [0, 0.1) is 0 Å². The molecule has 0 aromatic rings. The first kappa shape index (κ1) is 11.2. The van der Waals surface area contributed by atoms with E-state index in [1.165, 1.54) is 11.1 Å². The van der Waals surface area contributed by atoms with Crippen LogP contribution in [0.2, 0.25) is 0 Å². The summed E-state index contributed by atoms with van der Waals surface area (Å²) in [4.78, 5) is 0. The lowest BCUT2D eigenvalue weighted by atomic mass is 10.1. The molecule has 0 spiro atoms. The summed E-state index contributed by atoms with van der Waals surface area (Å²) in [5.74, 6) is 0. The first-order valence-corrected chi connectivity index (χ1v) is 4.74. The zero-order chi connectivity index (χ0) is 9.40. The van der Waals surface area contributed by atoms with Crippen molar-refractivity contribution in [2.45, 2.75) is 40.5 Å². The molecule has 0 saturated carbocycles. The number of hydrogen-bond donors (Lipinski definition) is 0. The highest BCUT2D eigenvalue weighted by atomic mass is 13.9. The van der Waals surface area contributed by atoms with Gasteiger partial charge in [0.2, 0.25) is 0 Å². The van der Waals surface area contributed by atoms with Gasteiger partial charge in [0.05, 0.1) is 0 Å². The van der Waals surface area contributed by atoms with Crippen LogP contribution in [0.15, 0.2) is 35.5 Å². The van der Waals surface area contributed by atoms with E-state index in [1.54, 1.807) is 0 Å². The minimum atomic E-state index is 1.11. The molecule has 68 valence electrons. The van der Waals surface area contributed by atoms with E-state index in [2.05, 4.69) is 52.0 Å². The van der Waals surface area contributed by atoms with Crippen molar-refractivity contribution in [3.8, 4) is 0 Å². The lowest BCUT2D eigenvalue weighted by molar-refractivity contribution is 1.13. The molecule has 0 unspecified atom stereocenters. The Kier molecular flexibility index (Phi) is 6.45. The largest absolute Gasteiger partial charge is 0.0847 e. The van der Waals surface area contributed by atoms with E-state index in [0.29, 0.717) is 0 Å². The van der Waals surface area contributed by atoms with Crippen LogP contribution in [0.3, 0.4) is 0 Å². The van der Waals surface area contributed by atoms with Crippen molar-refractivity contribution >= 4 is 0 Å². The number of rotatable bonds is 4. The van der Waals surface area contributed by atoms with E-state index >= 15 is 0 Å². The van der Waals surface area contributed by atoms with Gasteiger partial charge in [0.15, 0.2) is 0 Å². The summed E-state index contributed by atoms with van der Waals surface area (Å²) in [5.41, 5.74) is 2.75. The molecule has 0 aliphatic heterocycles. The predicted molar refractivity (Wildman–Crippen MR) is 57.2 cm³/mol. The van der Waals surface area contributed by atoms with Gasteiger partial charge in [-0.05, 0) is 32.3 Å². The molecule has 12 heavy (non-hydrogen) atoms. The van der Waals surface area contributed by atoms with Crippen LogP contribution in [-0.2, 0) is 0 Å². The maximum absolute atomic E-state index is 2.24. The van der Waals surface area contributed by atoms with Gasteiger partial charge in [-0.2, -0.15) is 0 Å². The standard InChI is InChI=1S/C12H20/c1-5-8-9-12(7-3)10-11(4)6-2/h6,8-10H,5,7H2,1-4H3/b9-8+,11-6+,12-10+. The zero-order valence-electron chi connectivity index (χ0n) is 8.72. The van der Waals surface area contributed by atoms with Gasteiger partial charge in [-0.3, -0.25) is 0 Å². The van der Waals surface area contributed by atoms with Gasteiger partial charge in [-0.1, -0.05) is 43.7 Å². The molecule has 0 saturated heterocycles. The van der Waals surface area contributed by atoms with Crippen LogP contribution in [0.1, 0.15) is 40.5 Å². The van der Waals surface area contributed by atoms with E-state index in [9.17, 15) is 0 Å². The van der Waals surface area contributed by atoms with Gasteiger partial charge in [-0.25, -0.2) is 0 Å². The minimum Gasteiger partial charge on any atom is -0.0847 e. The Morgan fingerprint density at radius 3 is 2.33 bits per heavy atom. The molecule has 0 heterocycles. The monoisotopic (exact) mass is 164 g/mol. The second-order valence-electron chi connectivity index (χ2n) is 2.92. The summed E-state index contributed by atoms with van der Waals surface area (Å²) < 4.78 is 0. The van der Waals surface area contributed by atoms with Crippen LogP contribution in [0.5, 0.6) is 0 Å². The van der Waals surface area contributed by atoms with E-state index in [-0.39, 0.29) is 0 Å².